The largest absolute Gasteiger partial charge is 0.417 e. The van der Waals surface area contributed by atoms with Gasteiger partial charge in [0.2, 0.25) is 17.7 Å². The lowest BCUT2D eigenvalue weighted by Gasteiger charge is -2.36. The highest BCUT2D eigenvalue weighted by molar-refractivity contribution is 6.32. The van der Waals surface area contributed by atoms with Gasteiger partial charge >= 0.3 is 6.18 Å². The molecule has 4 aliphatic rings. The summed E-state index contributed by atoms with van der Waals surface area (Å²) in [4.78, 5) is 43.9. The molecule has 176 valence electrons. The van der Waals surface area contributed by atoms with Crippen LogP contribution < -0.4 is 10.2 Å². The molecule has 6 nitrogen and oxygen atoms in total. The van der Waals surface area contributed by atoms with E-state index in [4.69, 9.17) is 11.6 Å². The summed E-state index contributed by atoms with van der Waals surface area (Å²) in [7, 11) is 0. The normalized spacial score (nSPS) is 30.2. The van der Waals surface area contributed by atoms with Crippen LogP contribution in [-0.2, 0) is 26.1 Å². The van der Waals surface area contributed by atoms with Gasteiger partial charge < -0.3 is 5.32 Å². The van der Waals surface area contributed by atoms with Gasteiger partial charge in [0.25, 0.3) is 0 Å². The lowest BCUT2D eigenvalue weighted by Crippen LogP contribution is -2.54. The molecule has 1 N–H and O–H groups in total. The van der Waals surface area contributed by atoms with Crippen LogP contribution >= 0.6 is 11.6 Å². The number of imide groups is 1. The van der Waals surface area contributed by atoms with Crippen molar-refractivity contribution in [3.05, 3.63) is 58.1 Å². The Labute approximate surface area is 197 Å². The molecule has 0 aromatic heterocycles. The highest BCUT2D eigenvalue weighted by Crippen LogP contribution is 2.60. The van der Waals surface area contributed by atoms with Crippen LogP contribution in [-0.4, -0.2) is 35.2 Å². The number of hydrogen-bond donors (Lipinski definition) is 1. The molecule has 34 heavy (non-hydrogen) atoms. The number of benzene rings is 2. The topological polar surface area (TPSA) is 69.7 Å². The molecule has 0 aliphatic carbocycles. The second-order valence-electron chi connectivity index (χ2n) is 9.35. The molecule has 1 spiro atoms. The average Bonchev–Trinajstić information content (AvgIpc) is 3.47. The third kappa shape index (κ3) is 2.54. The Kier molecular flexibility index (Phi) is 4.34. The summed E-state index contributed by atoms with van der Waals surface area (Å²) in [5.74, 6) is -3.46. The lowest BCUT2D eigenvalue weighted by molar-refractivity contribution is -0.137. The number of aryl methyl sites for hydroxylation is 1. The van der Waals surface area contributed by atoms with Crippen LogP contribution in [0, 0.1) is 18.8 Å². The maximum absolute atomic E-state index is 13.9. The van der Waals surface area contributed by atoms with Crippen LogP contribution in [0.5, 0.6) is 0 Å². The van der Waals surface area contributed by atoms with E-state index in [1.807, 2.05) is 24.0 Å². The summed E-state index contributed by atoms with van der Waals surface area (Å²) < 4.78 is 40.4. The lowest BCUT2D eigenvalue weighted by atomic mass is 9.75. The molecule has 10 heteroatoms. The van der Waals surface area contributed by atoms with Gasteiger partial charge in [0.15, 0.2) is 0 Å². The number of nitrogens with one attached hydrogen (secondary N) is 1. The monoisotopic (exact) mass is 489 g/mol. The van der Waals surface area contributed by atoms with Crippen LogP contribution in [0.2, 0.25) is 5.02 Å². The Morgan fingerprint density at radius 3 is 2.59 bits per heavy atom. The Bertz CT molecular complexity index is 1300. The number of carbonyl (C=O) groups excluding carboxylic acids is 3. The van der Waals surface area contributed by atoms with Crippen molar-refractivity contribution in [2.24, 2.45) is 11.8 Å². The van der Waals surface area contributed by atoms with Crippen molar-refractivity contribution >= 4 is 40.7 Å². The number of anilines is 2. The maximum atomic E-state index is 13.9. The van der Waals surface area contributed by atoms with Gasteiger partial charge in [0, 0.05) is 17.3 Å². The number of amides is 3. The molecule has 0 unspecified atom stereocenters. The Morgan fingerprint density at radius 2 is 1.85 bits per heavy atom. The number of alkyl halides is 3. The zero-order valence-corrected chi connectivity index (χ0v) is 18.7. The van der Waals surface area contributed by atoms with Crippen molar-refractivity contribution in [2.75, 3.05) is 16.8 Å². The van der Waals surface area contributed by atoms with Gasteiger partial charge in [-0.05, 0) is 50.6 Å². The van der Waals surface area contributed by atoms with Crippen molar-refractivity contribution in [3.8, 4) is 0 Å². The summed E-state index contributed by atoms with van der Waals surface area (Å²) >= 11 is 5.75. The zero-order chi connectivity index (χ0) is 24.2. The van der Waals surface area contributed by atoms with E-state index in [2.05, 4.69) is 5.32 Å². The first-order valence-corrected chi connectivity index (χ1v) is 11.4. The first-order valence-electron chi connectivity index (χ1n) is 11.0. The Morgan fingerprint density at radius 1 is 1.09 bits per heavy atom. The van der Waals surface area contributed by atoms with Gasteiger partial charge in [-0.2, -0.15) is 13.2 Å². The van der Waals surface area contributed by atoms with Gasteiger partial charge in [0.1, 0.15) is 5.54 Å². The number of carbonyl (C=O) groups is 3. The van der Waals surface area contributed by atoms with E-state index in [1.54, 1.807) is 6.07 Å². The minimum atomic E-state index is -4.75. The second kappa shape index (κ2) is 6.82. The molecule has 2 aromatic rings. The average molecular weight is 490 g/mol. The van der Waals surface area contributed by atoms with Crippen LogP contribution in [0.1, 0.15) is 29.5 Å². The quantitative estimate of drug-likeness (QED) is 0.612. The van der Waals surface area contributed by atoms with Crippen molar-refractivity contribution in [3.63, 3.8) is 0 Å². The molecule has 4 atom stereocenters. The summed E-state index contributed by atoms with van der Waals surface area (Å²) in [5, 5.41) is 2.36. The van der Waals surface area contributed by atoms with E-state index in [0.29, 0.717) is 24.2 Å². The standard InChI is InChI=1S/C24H19ClF3N3O3/c1-11-4-7-16-14(9-11)23(22(34)29-16)19-18(17-3-2-8-30(17)23)20(32)31(21(19)33)12-5-6-15(25)13(10-12)24(26,27)28/h4-7,9-10,17-19H,2-3,8H2,1H3,(H,29,34)/t17-,18+,19+,23-/m1/s1. The first kappa shape index (κ1) is 21.6. The van der Waals surface area contributed by atoms with Gasteiger partial charge in [-0.3, -0.25) is 19.3 Å². The molecule has 3 fully saturated rings. The molecule has 0 saturated carbocycles. The summed E-state index contributed by atoms with van der Waals surface area (Å²) in [6, 6.07) is 8.14. The van der Waals surface area contributed by atoms with Crippen molar-refractivity contribution in [1.29, 1.82) is 0 Å². The van der Waals surface area contributed by atoms with E-state index >= 15 is 0 Å². The Hall–Kier alpha value is -2.91. The smallest absolute Gasteiger partial charge is 0.324 e. The molecular weight excluding hydrogens is 471 g/mol. The van der Waals surface area contributed by atoms with Crippen molar-refractivity contribution in [2.45, 2.75) is 37.5 Å². The van der Waals surface area contributed by atoms with Gasteiger partial charge in [-0.1, -0.05) is 29.3 Å². The number of halogens is 4. The molecule has 6 rings (SSSR count). The predicted octanol–water partition coefficient (Wildman–Crippen LogP) is 4.10. The van der Waals surface area contributed by atoms with E-state index in [0.717, 1.165) is 29.0 Å². The fourth-order valence-corrected chi connectivity index (χ4v) is 6.67. The van der Waals surface area contributed by atoms with E-state index in [-0.39, 0.29) is 17.6 Å². The fraction of sp³-hybridized carbons (Fsp3) is 0.375. The van der Waals surface area contributed by atoms with Crippen LogP contribution in [0.3, 0.4) is 0 Å². The van der Waals surface area contributed by atoms with Crippen LogP contribution in [0.25, 0.3) is 0 Å². The first-order chi connectivity index (χ1) is 16.1. The molecule has 4 heterocycles. The second-order valence-corrected chi connectivity index (χ2v) is 9.76. The minimum Gasteiger partial charge on any atom is -0.324 e. The van der Waals surface area contributed by atoms with E-state index in [9.17, 15) is 27.6 Å². The Balaban J connectivity index is 1.53. The van der Waals surface area contributed by atoms with Crippen molar-refractivity contribution in [1.82, 2.24) is 4.90 Å². The predicted molar refractivity (Wildman–Crippen MR) is 117 cm³/mol. The number of nitrogens with zero attached hydrogens (tertiary/aromatic N) is 2. The molecule has 3 saturated heterocycles. The molecule has 0 bridgehead atoms. The van der Waals surface area contributed by atoms with Crippen LogP contribution in [0.4, 0.5) is 24.5 Å². The van der Waals surface area contributed by atoms with E-state index in [1.165, 1.54) is 6.07 Å². The van der Waals surface area contributed by atoms with Gasteiger partial charge in [-0.25, -0.2) is 4.90 Å². The van der Waals surface area contributed by atoms with Crippen molar-refractivity contribution < 1.29 is 27.6 Å². The molecule has 3 amide bonds. The highest BCUT2D eigenvalue weighted by Gasteiger charge is 2.74. The number of fused-ring (bicyclic) bond motifs is 7. The third-order valence-corrected chi connectivity index (χ3v) is 7.99. The summed E-state index contributed by atoms with van der Waals surface area (Å²) in [5.41, 5.74) is -0.549. The minimum absolute atomic E-state index is 0.191. The molecular formula is C24H19ClF3N3O3. The fourth-order valence-electron chi connectivity index (χ4n) is 6.44. The zero-order valence-electron chi connectivity index (χ0n) is 17.9. The van der Waals surface area contributed by atoms with Gasteiger partial charge in [-0.15, -0.1) is 0 Å². The highest BCUT2D eigenvalue weighted by atomic mass is 35.5. The third-order valence-electron chi connectivity index (χ3n) is 7.66. The molecule has 0 radical (unpaired) electrons. The molecule has 2 aromatic carbocycles. The summed E-state index contributed by atoms with van der Waals surface area (Å²) in [6.07, 6.45) is -3.37. The SMILES string of the molecule is Cc1ccc2c(c1)[C@]1(C(=O)N2)[C@@H]2C(=O)N(c3ccc(Cl)c(C(F)(F)F)c3)C(=O)[C@H]2[C@H]2CCCN21. The maximum Gasteiger partial charge on any atom is 0.417 e. The number of rotatable bonds is 1. The molecule has 4 aliphatic heterocycles. The van der Waals surface area contributed by atoms with E-state index < -0.39 is 46.0 Å². The van der Waals surface area contributed by atoms with Gasteiger partial charge in [0.05, 0.1) is 28.1 Å². The number of hydrogen-bond acceptors (Lipinski definition) is 4. The van der Waals surface area contributed by atoms with Crippen LogP contribution in [0.15, 0.2) is 36.4 Å². The summed E-state index contributed by atoms with van der Waals surface area (Å²) in [6.45, 7) is 2.43.